The first-order valence-corrected chi connectivity index (χ1v) is 12.6. The van der Waals surface area contributed by atoms with Crippen LogP contribution in [0.2, 0.25) is 0 Å². The second-order valence-electron chi connectivity index (χ2n) is 7.77. The molecule has 2 amide bonds. The van der Waals surface area contributed by atoms with Gasteiger partial charge >= 0.3 is 0 Å². The van der Waals surface area contributed by atoms with Crippen LogP contribution in [-0.2, 0) is 27.7 Å². The third-order valence-corrected chi connectivity index (χ3v) is 8.88. The van der Waals surface area contributed by atoms with E-state index in [1.54, 1.807) is 0 Å². The van der Waals surface area contributed by atoms with E-state index in [4.69, 9.17) is 0 Å². The molecule has 0 spiro atoms. The zero-order valence-electron chi connectivity index (χ0n) is 16.9. The largest absolute Gasteiger partial charge is 0.279 e. The summed E-state index contributed by atoms with van der Waals surface area (Å²) >= 11 is 1.43. The Kier molecular flexibility index (Phi) is 6.40. The number of benzene rings is 1. The molecule has 2 heterocycles. The predicted molar refractivity (Wildman–Crippen MR) is 115 cm³/mol. The average molecular weight is 466 g/mol. The fourth-order valence-electron chi connectivity index (χ4n) is 4.11. The summed E-state index contributed by atoms with van der Waals surface area (Å²) in [6.45, 7) is 0.111. The first-order chi connectivity index (χ1) is 14.9. The standard InChI is InChI=1S/C21H24FN3O4S2/c22-15-8-4-5-11-19(15)31(28,29)25-12-6-9-16(25)20(26)23-24-21(27)18-13-14-7-2-1-3-10-17(14)30-18/h4-5,8,11,13,16H,1-3,6-7,9-10,12H2,(H,23,26)(H,24,27). The number of nitrogens with zero attached hydrogens (tertiary/aromatic N) is 1. The Morgan fingerprint density at radius 1 is 1.06 bits per heavy atom. The number of hydrogen-bond acceptors (Lipinski definition) is 5. The van der Waals surface area contributed by atoms with Gasteiger partial charge in [0.25, 0.3) is 11.8 Å². The van der Waals surface area contributed by atoms with E-state index in [9.17, 15) is 22.4 Å². The van der Waals surface area contributed by atoms with E-state index in [0.29, 0.717) is 17.7 Å². The fourth-order valence-corrected chi connectivity index (χ4v) is 6.98. The summed E-state index contributed by atoms with van der Waals surface area (Å²) in [4.78, 5) is 26.5. The minimum atomic E-state index is -4.17. The van der Waals surface area contributed by atoms with Crippen LogP contribution in [0.15, 0.2) is 35.2 Å². The maximum absolute atomic E-state index is 14.1. The number of rotatable bonds is 4. The third-order valence-electron chi connectivity index (χ3n) is 5.70. The molecule has 2 aliphatic rings. The molecule has 1 aliphatic carbocycles. The maximum Gasteiger partial charge on any atom is 0.279 e. The molecule has 31 heavy (non-hydrogen) atoms. The number of carbonyl (C=O) groups is 2. The van der Waals surface area contributed by atoms with Gasteiger partial charge in [0.1, 0.15) is 16.8 Å². The number of hydrazine groups is 1. The molecule has 1 aromatic heterocycles. The van der Waals surface area contributed by atoms with Crippen LogP contribution in [-0.4, -0.2) is 37.1 Å². The lowest BCUT2D eigenvalue weighted by Gasteiger charge is -2.23. The fraction of sp³-hybridized carbons (Fsp3) is 0.429. The van der Waals surface area contributed by atoms with E-state index < -0.39 is 38.6 Å². The van der Waals surface area contributed by atoms with Crippen molar-refractivity contribution in [1.82, 2.24) is 15.2 Å². The minimum absolute atomic E-state index is 0.111. The van der Waals surface area contributed by atoms with Crippen LogP contribution in [0.4, 0.5) is 4.39 Å². The van der Waals surface area contributed by atoms with Crippen molar-refractivity contribution >= 4 is 33.2 Å². The zero-order chi connectivity index (χ0) is 22.0. The van der Waals surface area contributed by atoms with Gasteiger partial charge in [0.2, 0.25) is 10.0 Å². The molecule has 2 N–H and O–H groups in total. The molecule has 1 fully saturated rings. The number of thiophene rings is 1. The molecule has 1 aromatic carbocycles. The highest BCUT2D eigenvalue weighted by atomic mass is 32.2. The summed E-state index contributed by atoms with van der Waals surface area (Å²) in [5, 5.41) is 0. The van der Waals surface area contributed by atoms with Crippen LogP contribution in [0.1, 0.15) is 52.2 Å². The van der Waals surface area contributed by atoms with E-state index in [2.05, 4.69) is 10.9 Å². The van der Waals surface area contributed by atoms with Crippen LogP contribution < -0.4 is 10.9 Å². The van der Waals surface area contributed by atoms with Crippen molar-refractivity contribution < 1.29 is 22.4 Å². The van der Waals surface area contributed by atoms with E-state index in [0.717, 1.165) is 36.1 Å². The molecule has 1 unspecified atom stereocenters. The van der Waals surface area contributed by atoms with Crippen LogP contribution in [0.5, 0.6) is 0 Å². The van der Waals surface area contributed by atoms with Crippen molar-refractivity contribution in [3.05, 3.63) is 51.5 Å². The molecule has 4 rings (SSSR count). The van der Waals surface area contributed by atoms with Gasteiger partial charge in [-0.25, -0.2) is 12.8 Å². The molecule has 1 atom stereocenters. The van der Waals surface area contributed by atoms with E-state index in [-0.39, 0.29) is 6.54 Å². The molecule has 2 aromatic rings. The number of amides is 2. The van der Waals surface area contributed by atoms with Crippen LogP contribution in [0.25, 0.3) is 0 Å². The lowest BCUT2D eigenvalue weighted by molar-refractivity contribution is -0.125. The third kappa shape index (κ3) is 4.51. The Balaban J connectivity index is 1.42. The van der Waals surface area contributed by atoms with Crippen LogP contribution in [0.3, 0.4) is 0 Å². The van der Waals surface area contributed by atoms with Gasteiger partial charge in [0.05, 0.1) is 4.88 Å². The van der Waals surface area contributed by atoms with Gasteiger partial charge in [-0.2, -0.15) is 4.31 Å². The van der Waals surface area contributed by atoms with E-state index >= 15 is 0 Å². The van der Waals surface area contributed by atoms with Crippen LogP contribution in [0, 0.1) is 5.82 Å². The number of fused-ring (bicyclic) bond motifs is 1. The van der Waals surface area contributed by atoms with Crippen molar-refractivity contribution in [2.75, 3.05) is 6.54 Å². The van der Waals surface area contributed by atoms with Gasteiger partial charge in [-0.05, 0) is 62.3 Å². The van der Waals surface area contributed by atoms with Gasteiger partial charge in [0.15, 0.2) is 0 Å². The number of sulfonamides is 1. The Bertz CT molecular complexity index is 1080. The van der Waals surface area contributed by atoms with Gasteiger partial charge < -0.3 is 0 Å². The van der Waals surface area contributed by atoms with Crippen molar-refractivity contribution in [2.45, 2.75) is 55.9 Å². The molecular weight excluding hydrogens is 441 g/mol. The Hall–Kier alpha value is -2.30. The smallest absolute Gasteiger partial charge is 0.271 e. The normalized spacial score (nSPS) is 19.5. The first kappa shape index (κ1) is 21.9. The lowest BCUT2D eigenvalue weighted by atomic mass is 10.1. The molecule has 10 heteroatoms. The minimum Gasteiger partial charge on any atom is -0.271 e. The Morgan fingerprint density at radius 2 is 1.84 bits per heavy atom. The van der Waals surface area contributed by atoms with Gasteiger partial charge in [0, 0.05) is 11.4 Å². The average Bonchev–Trinajstić information content (AvgIpc) is 3.35. The second-order valence-corrected chi connectivity index (χ2v) is 10.8. The molecular formula is C21H24FN3O4S2. The highest BCUT2D eigenvalue weighted by Crippen LogP contribution is 2.29. The summed E-state index contributed by atoms with van der Waals surface area (Å²) in [5.74, 6) is -1.92. The van der Waals surface area contributed by atoms with E-state index in [1.807, 2.05) is 6.07 Å². The van der Waals surface area contributed by atoms with Crippen molar-refractivity contribution in [3.63, 3.8) is 0 Å². The highest BCUT2D eigenvalue weighted by Gasteiger charge is 2.40. The summed E-state index contributed by atoms with van der Waals surface area (Å²) in [5.41, 5.74) is 5.94. The first-order valence-electron chi connectivity index (χ1n) is 10.4. The molecule has 1 aliphatic heterocycles. The number of carbonyl (C=O) groups excluding carboxylic acids is 2. The van der Waals surface area contributed by atoms with Gasteiger partial charge in [-0.3, -0.25) is 20.4 Å². The highest BCUT2D eigenvalue weighted by molar-refractivity contribution is 7.89. The zero-order valence-corrected chi connectivity index (χ0v) is 18.5. The molecule has 166 valence electrons. The van der Waals surface area contributed by atoms with E-state index in [1.165, 1.54) is 46.4 Å². The summed E-state index contributed by atoms with van der Waals surface area (Å²) in [6, 6.07) is 5.95. The molecule has 0 saturated carbocycles. The van der Waals surface area contributed by atoms with Gasteiger partial charge in [-0.15, -0.1) is 11.3 Å². The SMILES string of the molecule is O=C(NNC(=O)C1CCCN1S(=O)(=O)c1ccccc1F)c1cc2c(s1)CCCCC2. The number of nitrogens with one attached hydrogen (secondary N) is 2. The van der Waals surface area contributed by atoms with Gasteiger partial charge in [-0.1, -0.05) is 18.6 Å². The number of halogens is 1. The van der Waals surface area contributed by atoms with Crippen molar-refractivity contribution in [2.24, 2.45) is 0 Å². The molecule has 7 nitrogen and oxygen atoms in total. The lowest BCUT2D eigenvalue weighted by Crippen LogP contribution is -2.51. The van der Waals surface area contributed by atoms with Crippen LogP contribution >= 0.6 is 11.3 Å². The predicted octanol–water partition coefficient (Wildman–Crippen LogP) is 2.77. The maximum atomic E-state index is 14.1. The molecule has 0 radical (unpaired) electrons. The Morgan fingerprint density at radius 3 is 2.65 bits per heavy atom. The summed E-state index contributed by atoms with van der Waals surface area (Å²) < 4.78 is 40.8. The summed E-state index contributed by atoms with van der Waals surface area (Å²) in [6.07, 6.45) is 6.09. The van der Waals surface area contributed by atoms with Crippen molar-refractivity contribution in [1.29, 1.82) is 0 Å². The number of hydrogen-bond donors (Lipinski definition) is 2. The van der Waals surface area contributed by atoms with Crippen molar-refractivity contribution in [3.8, 4) is 0 Å². The topological polar surface area (TPSA) is 95.6 Å². The summed E-state index contributed by atoms with van der Waals surface area (Å²) in [7, 11) is -4.17. The quantitative estimate of drug-likeness (QED) is 0.536. The molecule has 1 saturated heterocycles. The Labute approximate surface area is 184 Å². The second kappa shape index (κ2) is 9.05. The monoisotopic (exact) mass is 465 g/mol. The molecule has 0 bridgehead atoms. The number of aryl methyl sites for hydroxylation is 2.